The second-order valence-electron chi connectivity index (χ2n) is 2.85. The molecule has 11 heavy (non-hydrogen) atoms. The van der Waals surface area contributed by atoms with Gasteiger partial charge >= 0.3 is 0 Å². The molecule has 0 aromatic rings. The molecule has 0 spiro atoms. The highest BCUT2D eigenvalue weighted by Crippen LogP contribution is 2.23. The van der Waals surface area contributed by atoms with Crippen LogP contribution in [0.2, 0.25) is 0 Å². The van der Waals surface area contributed by atoms with E-state index in [0.29, 0.717) is 16.4 Å². The van der Waals surface area contributed by atoms with Crippen LogP contribution < -0.4 is 5.73 Å². The SMILES string of the molecule is CC1SCCN(C(N)=S)C1C. The van der Waals surface area contributed by atoms with Gasteiger partial charge in [0.2, 0.25) is 0 Å². The van der Waals surface area contributed by atoms with E-state index in [1.165, 1.54) is 0 Å². The van der Waals surface area contributed by atoms with Crippen molar-refractivity contribution < 1.29 is 0 Å². The number of hydrogen-bond donors (Lipinski definition) is 1. The van der Waals surface area contributed by atoms with Gasteiger partial charge in [-0.25, -0.2) is 0 Å². The highest BCUT2D eigenvalue weighted by Gasteiger charge is 2.25. The number of hydrogen-bond acceptors (Lipinski definition) is 2. The Morgan fingerprint density at radius 2 is 2.27 bits per heavy atom. The van der Waals surface area contributed by atoms with Crippen LogP contribution in [0.1, 0.15) is 13.8 Å². The minimum atomic E-state index is 0.492. The van der Waals surface area contributed by atoms with Gasteiger partial charge in [-0.15, -0.1) is 0 Å². The third kappa shape index (κ3) is 1.99. The molecule has 4 heteroatoms. The fourth-order valence-electron chi connectivity index (χ4n) is 1.24. The molecule has 0 amide bonds. The van der Waals surface area contributed by atoms with E-state index in [4.69, 9.17) is 18.0 Å². The molecule has 1 fully saturated rings. The number of thioether (sulfide) groups is 1. The molecule has 1 saturated heterocycles. The third-order valence-electron chi connectivity index (χ3n) is 2.17. The molecule has 2 atom stereocenters. The van der Waals surface area contributed by atoms with Gasteiger partial charge in [0, 0.05) is 23.6 Å². The van der Waals surface area contributed by atoms with E-state index < -0.39 is 0 Å². The van der Waals surface area contributed by atoms with Gasteiger partial charge in [-0.3, -0.25) is 0 Å². The van der Waals surface area contributed by atoms with E-state index in [1.807, 2.05) is 11.8 Å². The molecule has 0 aliphatic carbocycles. The first-order valence-electron chi connectivity index (χ1n) is 3.80. The number of nitrogens with two attached hydrogens (primary N) is 1. The summed E-state index contributed by atoms with van der Waals surface area (Å²) in [6, 6.07) is 0.492. The summed E-state index contributed by atoms with van der Waals surface area (Å²) in [5.41, 5.74) is 5.57. The standard InChI is InChI=1S/C7H14N2S2/c1-5-6(2)11-4-3-9(5)7(8)10/h5-6H,3-4H2,1-2H3,(H2,8,10). The summed E-state index contributed by atoms with van der Waals surface area (Å²) >= 11 is 6.93. The van der Waals surface area contributed by atoms with E-state index in [2.05, 4.69) is 18.7 Å². The summed E-state index contributed by atoms with van der Waals surface area (Å²) in [5.74, 6) is 1.14. The fourth-order valence-corrected chi connectivity index (χ4v) is 2.60. The van der Waals surface area contributed by atoms with E-state index in [-0.39, 0.29) is 0 Å². The van der Waals surface area contributed by atoms with Crippen LogP contribution in [-0.2, 0) is 0 Å². The molecule has 2 nitrogen and oxygen atoms in total. The van der Waals surface area contributed by atoms with Crippen LogP contribution in [-0.4, -0.2) is 33.6 Å². The highest BCUT2D eigenvalue weighted by atomic mass is 32.2. The Morgan fingerprint density at radius 1 is 1.64 bits per heavy atom. The fraction of sp³-hybridized carbons (Fsp3) is 0.857. The van der Waals surface area contributed by atoms with Crippen LogP contribution in [0.15, 0.2) is 0 Å². The predicted molar refractivity (Wildman–Crippen MR) is 54.9 cm³/mol. The zero-order valence-electron chi connectivity index (χ0n) is 6.91. The maximum Gasteiger partial charge on any atom is 0.166 e. The van der Waals surface area contributed by atoms with Gasteiger partial charge in [-0.2, -0.15) is 11.8 Å². The minimum absolute atomic E-state index is 0.492. The van der Waals surface area contributed by atoms with Crippen molar-refractivity contribution in [2.75, 3.05) is 12.3 Å². The van der Waals surface area contributed by atoms with E-state index >= 15 is 0 Å². The summed E-state index contributed by atoms with van der Waals surface area (Å²) in [7, 11) is 0. The van der Waals surface area contributed by atoms with Crippen LogP contribution in [0.4, 0.5) is 0 Å². The van der Waals surface area contributed by atoms with Crippen LogP contribution >= 0.6 is 24.0 Å². The second-order valence-corrected chi connectivity index (χ2v) is 4.75. The van der Waals surface area contributed by atoms with Crippen molar-refractivity contribution >= 4 is 29.1 Å². The molecule has 1 aliphatic rings. The van der Waals surface area contributed by atoms with Gasteiger partial charge in [0.15, 0.2) is 5.11 Å². The van der Waals surface area contributed by atoms with Crippen LogP contribution in [0.25, 0.3) is 0 Å². The molecule has 2 N–H and O–H groups in total. The van der Waals surface area contributed by atoms with E-state index in [1.54, 1.807) is 0 Å². The first-order chi connectivity index (χ1) is 5.13. The molecule has 0 radical (unpaired) electrons. The van der Waals surface area contributed by atoms with Gasteiger partial charge in [0.25, 0.3) is 0 Å². The lowest BCUT2D eigenvalue weighted by atomic mass is 10.2. The maximum atomic E-state index is 5.57. The van der Waals surface area contributed by atoms with Crippen molar-refractivity contribution in [2.24, 2.45) is 5.73 Å². The van der Waals surface area contributed by atoms with Crippen molar-refractivity contribution in [1.82, 2.24) is 4.90 Å². The molecule has 0 bridgehead atoms. The Morgan fingerprint density at radius 3 is 2.73 bits per heavy atom. The average molecular weight is 190 g/mol. The summed E-state index contributed by atoms with van der Waals surface area (Å²) in [6.07, 6.45) is 0. The Balaban J connectivity index is 2.58. The zero-order chi connectivity index (χ0) is 8.43. The highest BCUT2D eigenvalue weighted by molar-refractivity contribution is 8.00. The molecule has 1 rings (SSSR count). The second kappa shape index (κ2) is 3.63. The topological polar surface area (TPSA) is 29.3 Å². The minimum Gasteiger partial charge on any atom is -0.376 e. The van der Waals surface area contributed by atoms with Crippen molar-refractivity contribution in [2.45, 2.75) is 25.1 Å². The van der Waals surface area contributed by atoms with Gasteiger partial charge in [-0.1, -0.05) is 6.92 Å². The Labute approximate surface area is 77.5 Å². The molecular weight excluding hydrogens is 176 g/mol. The lowest BCUT2D eigenvalue weighted by Crippen LogP contribution is -2.50. The molecule has 1 aliphatic heterocycles. The van der Waals surface area contributed by atoms with Crippen molar-refractivity contribution in [3.8, 4) is 0 Å². The average Bonchev–Trinajstić information content (AvgIpc) is 1.94. The van der Waals surface area contributed by atoms with Crippen molar-refractivity contribution in [3.63, 3.8) is 0 Å². The van der Waals surface area contributed by atoms with Gasteiger partial charge in [-0.05, 0) is 19.1 Å². The first kappa shape index (κ1) is 9.13. The largest absolute Gasteiger partial charge is 0.376 e. The predicted octanol–water partition coefficient (Wildman–Crippen LogP) is 1.06. The summed E-state index contributed by atoms with van der Waals surface area (Å²) in [6.45, 7) is 5.40. The van der Waals surface area contributed by atoms with Crippen LogP contribution in [0.3, 0.4) is 0 Å². The quantitative estimate of drug-likeness (QED) is 0.578. The summed E-state index contributed by atoms with van der Waals surface area (Å²) < 4.78 is 0. The van der Waals surface area contributed by atoms with Gasteiger partial charge in [0.05, 0.1) is 0 Å². The van der Waals surface area contributed by atoms with Crippen LogP contribution in [0, 0.1) is 0 Å². The number of nitrogens with zero attached hydrogens (tertiary/aromatic N) is 1. The summed E-state index contributed by atoms with van der Waals surface area (Å²) in [5, 5.41) is 1.19. The third-order valence-corrected chi connectivity index (χ3v) is 3.74. The van der Waals surface area contributed by atoms with Crippen molar-refractivity contribution in [3.05, 3.63) is 0 Å². The Bertz CT molecular complexity index is 161. The maximum absolute atomic E-state index is 5.57. The molecule has 2 unspecified atom stereocenters. The molecular formula is C7H14N2S2. The Kier molecular flexibility index (Phi) is 3.01. The van der Waals surface area contributed by atoms with E-state index in [0.717, 1.165) is 12.3 Å². The molecule has 0 aromatic heterocycles. The molecule has 0 aromatic carbocycles. The number of rotatable bonds is 0. The van der Waals surface area contributed by atoms with E-state index in [9.17, 15) is 0 Å². The lowest BCUT2D eigenvalue weighted by Gasteiger charge is -2.37. The zero-order valence-corrected chi connectivity index (χ0v) is 8.54. The van der Waals surface area contributed by atoms with Crippen LogP contribution in [0.5, 0.6) is 0 Å². The van der Waals surface area contributed by atoms with Gasteiger partial charge in [0.1, 0.15) is 0 Å². The van der Waals surface area contributed by atoms with Crippen molar-refractivity contribution in [1.29, 1.82) is 0 Å². The van der Waals surface area contributed by atoms with Gasteiger partial charge < -0.3 is 10.6 Å². The molecule has 64 valence electrons. The smallest absolute Gasteiger partial charge is 0.166 e. The summed E-state index contributed by atoms with van der Waals surface area (Å²) in [4.78, 5) is 2.11. The normalized spacial score (nSPS) is 32.0. The first-order valence-corrected chi connectivity index (χ1v) is 5.26. The lowest BCUT2D eigenvalue weighted by molar-refractivity contribution is 0.337. The Hall–Kier alpha value is 0.0400. The molecule has 1 heterocycles. The monoisotopic (exact) mass is 190 g/mol. The molecule has 0 saturated carbocycles. The number of thiocarbonyl (C=S) groups is 1.